The lowest BCUT2D eigenvalue weighted by Crippen LogP contribution is -2.43. The number of rotatable bonds is 6. The normalized spacial score (nSPS) is 15.1. The molecule has 1 unspecified atom stereocenters. The monoisotopic (exact) mass is 222 g/mol. The third kappa shape index (κ3) is 2.93. The zero-order valence-electron chi connectivity index (χ0n) is 9.53. The molecule has 0 aromatic carbocycles. The molecule has 0 aliphatic carbocycles. The third-order valence-corrected chi connectivity index (χ3v) is 5.01. The van der Waals surface area contributed by atoms with Crippen LogP contribution in [0.5, 0.6) is 0 Å². The molecule has 0 fully saturated rings. The predicted molar refractivity (Wildman–Crippen MR) is 59.6 cm³/mol. The molecule has 5 heteroatoms. The van der Waals surface area contributed by atoms with Gasteiger partial charge in [-0.3, -0.25) is 0 Å². The predicted octanol–water partition coefficient (Wildman–Crippen LogP) is 0.784. The van der Waals surface area contributed by atoms with Crippen LogP contribution in [0.3, 0.4) is 0 Å². The second-order valence-corrected chi connectivity index (χ2v) is 5.99. The first-order valence-electron chi connectivity index (χ1n) is 5.08. The first-order chi connectivity index (χ1) is 6.41. The van der Waals surface area contributed by atoms with Crippen LogP contribution in [-0.2, 0) is 10.0 Å². The average Bonchev–Trinajstić information content (AvgIpc) is 2.18. The summed E-state index contributed by atoms with van der Waals surface area (Å²) in [5.41, 5.74) is 5.37. The maximum atomic E-state index is 11.9. The van der Waals surface area contributed by atoms with Crippen LogP contribution >= 0.6 is 0 Å². The van der Waals surface area contributed by atoms with E-state index in [2.05, 4.69) is 0 Å². The van der Waals surface area contributed by atoms with Gasteiger partial charge in [-0.05, 0) is 19.8 Å². The highest BCUT2D eigenvalue weighted by Gasteiger charge is 2.28. The van der Waals surface area contributed by atoms with E-state index in [-0.39, 0.29) is 12.6 Å². The standard InChI is InChI=1S/C9H22N2O2S/c1-5-9(6-2)11(4)14(12,13)8(3)7-10/h8-9H,5-7,10H2,1-4H3. The maximum Gasteiger partial charge on any atom is 0.217 e. The van der Waals surface area contributed by atoms with E-state index < -0.39 is 15.3 Å². The molecular weight excluding hydrogens is 200 g/mol. The zero-order chi connectivity index (χ0) is 11.4. The average molecular weight is 222 g/mol. The van der Waals surface area contributed by atoms with Crippen molar-refractivity contribution >= 4 is 10.0 Å². The topological polar surface area (TPSA) is 63.4 Å². The Bertz CT molecular complexity index is 248. The van der Waals surface area contributed by atoms with Crippen LogP contribution in [0.1, 0.15) is 33.6 Å². The van der Waals surface area contributed by atoms with Crippen molar-refractivity contribution < 1.29 is 8.42 Å². The van der Waals surface area contributed by atoms with Crippen molar-refractivity contribution in [3.63, 3.8) is 0 Å². The van der Waals surface area contributed by atoms with Gasteiger partial charge in [0.1, 0.15) is 0 Å². The Kier molecular flexibility index (Phi) is 5.63. The van der Waals surface area contributed by atoms with Gasteiger partial charge in [0.2, 0.25) is 10.0 Å². The van der Waals surface area contributed by atoms with Crippen molar-refractivity contribution in [3.8, 4) is 0 Å². The second kappa shape index (κ2) is 5.68. The SMILES string of the molecule is CCC(CC)N(C)S(=O)(=O)C(C)CN. The molecule has 0 heterocycles. The molecule has 0 radical (unpaired) electrons. The molecular formula is C9H22N2O2S. The Morgan fingerprint density at radius 1 is 1.29 bits per heavy atom. The molecule has 0 saturated heterocycles. The van der Waals surface area contributed by atoms with Crippen LogP contribution in [0.4, 0.5) is 0 Å². The number of sulfonamides is 1. The summed E-state index contributed by atoms with van der Waals surface area (Å²) in [6.07, 6.45) is 1.67. The summed E-state index contributed by atoms with van der Waals surface area (Å²) in [4.78, 5) is 0. The molecule has 0 amide bonds. The van der Waals surface area contributed by atoms with Crippen LogP contribution in [0.25, 0.3) is 0 Å². The van der Waals surface area contributed by atoms with E-state index in [0.717, 1.165) is 12.8 Å². The molecule has 0 aromatic heterocycles. The highest BCUT2D eigenvalue weighted by Crippen LogP contribution is 2.14. The lowest BCUT2D eigenvalue weighted by atomic mass is 10.2. The summed E-state index contributed by atoms with van der Waals surface area (Å²) in [5, 5.41) is -0.493. The molecule has 0 spiro atoms. The number of hydrogen-bond donors (Lipinski definition) is 1. The van der Waals surface area contributed by atoms with E-state index in [1.54, 1.807) is 14.0 Å². The summed E-state index contributed by atoms with van der Waals surface area (Å²) in [6.45, 7) is 5.81. The van der Waals surface area contributed by atoms with E-state index in [0.29, 0.717) is 0 Å². The van der Waals surface area contributed by atoms with Crippen LogP contribution in [-0.4, -0.2) is 37.6 Å². The van der Waals surface area contributed by atoms with Gasteiger partial charge < -0.3 is 5.73 Å². The smallest absolute Gasteiger partial charge is 0.217 e. The van der Waals surface area contributed by atoms with E-state index in [4.69, 9.17) is 5.73 Å². The fourth-order valence-corrected chi connectivity index (χ4v) is 2.94. The van der Waals surface area contributed by atoms with Gasteiger partial charge in [-0.15, -0.1) is 0 Å². The van der Waals surface area contributed by atoms with Crippen LogP contribution in [0.15, 0.2) is 0 Å². The first kappa shape index (κ1) is 13.9. The molecule has 1 atom stereocenters. The van der Waals surface area contributed by atoms with Crippen LogP contribution in [0.2, 0.25) is 0 Å². The van der Waals surface area contributed by atoms with Gasteiger partial charge in [-0.2, -0.15) is 0 Å². The summed E-state index contributed by atoms with van der Waals surface area (Å²) in [7, 11) is -1.57. The minimum Gasteiger partial charge on any atom is -0.329 e. The van der Waals surface area contributed by atoms with E-state index in [1.807, 2.05) is 13.8 Å². The number of nitrogens with two attached hydrogens (primary N) is 1. The Balaban J connectivity index is 4.73. The summed E-state index contributed by atoms with van der Waals surface area (Å²) in [5.74, 6) is 0. The van der Waals surface area contributed by atoms with Crippen molar-refractivity contribution in [3.05, 3.63) is 0 Å². The van der Waals surface area contributed by atoms with Crippen molar-refractivity contribution in [1.82, 2.24) is 4.31 Å². The highest BCUT2D eigenvalue weighted by atomic mass is 32.2. The molecule has 2 N–H and O–H groups in total. The summed E-state index contributed by atoms with van der Waals surface area (Å²) in [6, 6.07) is 0.0917. The molecule has 0 saturated carbocycles. The second-order valence-electron chi connectivity index (χ2n) is 3.58. The van der Waals surface area contributed by atoms with Crippen molar-refractivity contribution in [1.29, 1.82) is 0 Å². The molecule has 14 heavy (non-hydrogen) atoms. The summed E-state index contributed by atoms with van der Waals surface area (Å²) < 4.78 is 25.2. The molecule has 4 nitrogen and oxygen atoms in total. The maximum absolute atomic E-state index is 11.9. The highest BCUT2D eigenvalue weighted by molar-refractivity contribution is 7.89. The molecule has 0 bridgehead atoms. The fraction of sp³-hybridized carbons (Fsp3) is 1.00. The van der Waals surface area contributed by atoms with Gasteiger partial charge in [-0.1, -0.05) is 13.8 Å². The molecule has 0 aliphatic heterocycles. The third-order valence-electron chi connectivity index (χ3n) is 2.70. The molecule has 86 valence electrons. The summed E-state index contributed by atoms with van der Waals surface area (Å²) >= 11 is 0. The van der Waals surface area contributed by atoms with Gasteiger partial charge in [0.25, 0.3) is 0 Å². The largest absolute Gasteiger partial charge is 0.329 e. The lowest BCUT2D eigenvalue weighted by molar-refractivity contribution is 0.346. The van der Waals surface area contributed by atoms with Crippen molar-refractivity contribution in [2.24, 2.45) is 5.73 Å². The van der Waals surface area contributed by atoms with E-state index in [1.165, 1.54) is 4.31 Å². The Hall–Kier alpha value is -0.130. The van der Waals surface area contributed by atoms with Crippen LogP contribution in [0, 0.1) is 0 Å². The molecule has 0 aliphatic rings. The van der Waals surface area contributed by atoms with Crippen LogP contribution < -0.4 is 5.73 Å². The zero-order valence-corrected chi connectivity index (χ0v) is 10.3. The van der Waals surface area contributed by atoms with Gasteiger partial charge in [0.15, 0.2) is 0 Å². The van der Waals surface area contributed by atoms with Gasteiger partial charge in [0.05, 0.1) is 5.25 Å². The quantitative estimate of drug-likeness (QED) is 0.722. The molecule has 0 rings (SSSR count). The van der Waals surface area contributed by atoms with Crippen molar-refractivity contribution in [2.75, 3.05) is 13.6 Å². The van der Waals surface area contributed by atoms with Gasteiger partial charge in [-0.25, -0.2) is 12.7 Å². The number of hydrogen-bond acceptors (Lipinski definition) is 3. The lowest BCUT2D eigenvalue weighted by Gasteiger charge is -2.28. The Morgan fingerprint density at radius 2 is 1.71 bits per heavy atom. The first-order valence-corrected chi connectivity index (χ1v) is 6.58. The minimum absolute atomic E-state index is 0.0917. The van der Waals surface area contributed by atoms with Gasteiger partial charge >= 0.3 is 0 Å². The fourth-order valence-electron chi connectivity index (χ4n) is 1.42. The van der Waals surface area contributed by atoms with E-state index in [9.17, 15) is 8.42 Å². The van der Waals surface area contributed by atoms with Gasteiger partial charge in [0, 0.05) is 19.6 Å². The Morgan fingerprint density at radius 3 is 2.00 bits per heavy atom. The Labute approximate surface area is 87.5 Å². The van der Waals surface area contributed by atoms with Crippen molar-refractivity contribution in [2.45, 2.75) is 44.9 Å². The minimum atomic E-state index is -3.20. The number of nitrogens with zero attached hydrogens (tertiary/aromatic N) is 1. The van der Waals surface area contributed by atoms with E-state index >= 15 is 0 Å². The molecule has 0 aromatic rings.